The molecule has 0 atom stereocenters. The van der Waals surface area contributed by atoms with E-state index >= 15 is 0 Å². The van der Waals surface area contributed by atoms with Crippen molar-refractivity contribution >= 4 is 51.1 Å². The van der Waals surface area contributed by atoms with Gasteiger partial charge in [-0.05, 0) is 22.9 Å². The highest BCUT2D eigenvalue weighted by Crippen LogP contribution is 2.43. The molecular formula is C14H7N3O2S3. The zero-order chi connectivity index (χ0) is 15.1. The molecule has 0 spiro atoms. The third-order valence-electron chi connectivity index (χ3n) is 3.27. The molecule has 0 fully saturated rings. The predicted molar refractivity (Wildman–Crippen MR) is 90.7 cm³/mol. The number of hydrogen-bond acceptors (Lipinski definition) is 7. The van der Waals surface area contributed by atoms with Crippen LogP contribution in [-0.2, 0) is 0 Å². The minimum Gasteiger partial charge on any atom is -0.258 e. The fraction of sp³-hybridized carbons (Fsp3) is 0. The molecule has 108 valence electrons. The molecule has 0 aliphatic heterocycles. The van der Waals surface area contributed by atoms with Crippen molar-refractivity contribution in [1.29, 1.82) is 0 Å². The van der Waals surface area contributed by atoms with Crippen LogP contribution in [0.2, 0.25) is 0 Å². The van der Waals surface area contributed by atoms with Crippen molar-refractivity contribution in [2.24, 2.45) is 0 Å². The van der Waals surface area contributed by atoms with Gasteiger partial charge >= 0.3 is 0 Å². The van der Waals surface area contributed by atoms with Crippen molar-refractivity contribution < 1.29 is 4.92 Å². The van der Waals surface area contributed by atoms with Gasteiger partial charge in [-0.2, -0.15) is 8.75 Å². The minimum atomic E-state index is -0.342. The zero-order valence-corrected chi connectivity index (χ0v) is 13.4. The van der Waals surface area contributed by atoms with Crippen molar-refractivity contribution in [1.82, 2.24) is 8.75 Å². The van der Waals surface area contributed by atoms with E-state index < -0.39 is 0 Å². The molecule has 0 N–H and O–H groups in total. The quantitative estimate of drug-likeness (QED) is 0.384. The molecule has 0 amide bonds. The Labute approximate surface area is 137 Å². The Morgan fingerprint density at radius 3 is 2.32 bits per heavy atom. The van der Waals surface area contributed by atoms with Crippen molar-refractivity contribution in [3.8, 4) is 20.9 Å². The molecule has 8 heteroatoms. The summed E-state index contributed by atoms with van der Waals surface area (Å²) in [6, 6.07) is 9.22. The van der Waals surface area contributed by atoms with Gasteiger partial charge in [0.15, 0.2) is 0 Å². The largest absolute Gasteiger partial charge is 0.281 e. The number of rotatable bonds is 3. The van der Waals surface area contributed by atoms with E-state index in [-0.39, 0.29) is 10.6 Å². The monoisotopic (exact) mass is 345 g/mol. The molecule has 3 aromatic heterocycles. The van der Waals surface area contributed by atoms with E-state index in [0.29, 0.717) is 11.1 Å². The maximum atomic E-state index is 11.6. The summed E-state index contributed by atoms with van der Waals surface area (Å²) in [6.07, 6.45) is 0. The Balaban J connectivity index is 2.13. The van der Waals surface area contributed by atoms with Crippen LogP contribution in [0.3, 0.4) is 0 Å². The van der Waals surface area contributed by atoms with Gasteiger partial charge in [-0.25, -0.2) is 0 Å². The summed E-state index contributed by atoms with van der Waals surface area (Å²) in [5.74, 6) is 0. The van der Waals surface area contributed by atoms with E-state index in [2.05, 4.69) is 8.75 Å². The lowest BCUT2D eigenvalue weighted by Crippen LogP contribution is -1.94. The van der Waals surface area contributed by atoms with Gasteiger partial charge in [-0.3, -0.25) is 10.1 Å². The molecule has 0 saturated carbocycles. The summed E-state index contributed by atoms with van der Waals surface area (Å²) in [6.45, 7) is 0. The first kappa shape index (κ1) is 13.5. The van der Waals surface area contributed by atoms with Crippen LogP contribution in [-0.4, -0.2) is 13.7 Å². The Bertz CT molecular complexity index is 959. The molecule has 5 nitrogen and oxygen atoms in total. The van der Waals surface area contributed by atoms with Crippen LogP contribution < -0.4 is 0 Å². The van der Waals surface area contributed by atoms with Gasteiger partial charge in [0.05, 0.1) is 22.2 Å². The summed E-state index contributed by atoms with van der Waals surface area (Å²) in [5, 5.41) is 15.4. The number of nitro groups is 1. The Kier molecular flexibility index (Phi) is 3.21. The average molecular weight is 345 g/mol. The van der Waals surface area contributed by atoms with Crippen molar-refractivity contribution in [2.45, 2.75) is 0 Å². The predicted octanol–water partition coefficient (Wildman–Crippen LogP) is 5.06. The van der Waals surface area contributed by atoms with Crippen LogP contribution in [0.15, 0.2) is 41.1 Å². The third kappa shape index (κ3) is 2.04. The highest BCUT2D eigenvalue weighted by molar-refractivity contribution is 7.14. The summed E-state index contributed by atoms with van der Waals surface area (Å²) in [4.78, 5) is 13.0. The lowest BCUT2D eigenvalue weighted by molar-refractivity contribution is -0.384. The van der Waals surface area contributed by atoms with E-state index in [0.717, 1.165) is 32.6 Å². The van der Waals surface area contributed by atoms with Crippen LogP contribution in [0.4, 0.5) is 5.69 Å². The zero-order valence-electron chi connectivity index (χ0n) is 10.9. The van der Waals surface area contributed by atoms with E-state index in [1.54, 1.807) is 6.07 Å². The molecule has 0 aliphatic carbocycles. The van der Waals surface area contributed by atoms with E-state index in [1.165, 1.54) is 22.7 Å². The van der Waals surface area contributed by atoms with Gasteiger partial charge in [0.1, 0.15) is 11.0 Å². The fourth-order valence-corrected chi connectivity index (χ4v) is 4.45. The van der Waals surface area contributed by atoms with Gasteiger partial charge in [0.25, 0.3) is 5.69 Å². The molecular weight excluding hydrogens is 338 g/mol. The topological polar surface area (TPSA) is 68.9 Å². The first-order valence-corrected chi connectivity index (χ1v) is 8.76. The average Bonchev–Trinajstić information content (AvgIpc) is 3.25. The second-order valence-electron chi connectivity index (χ2n) is 4.49. The second-order valence-corrected chi connectivity index (χ2v) is 6.92. The number of fused-ring (bicyclic) bond motifs is 1. The van der Waals surface area contributed by atoms with E-state index in [9.17, 15) is 10.1 Å². The third-order valence-corrected chi connectivity index (χ3v) is 5.59. The van der Waals surface area contributed by atoms with Crippen LogP contribution in [0, 0.1) is 10.1 Å². The number of hydrogen-bond donors (Lipinski definition) is 0. The molecule has 4 rings (SSSR count). The molecule has 3 heterocycles. The van der Waals surface area contributed by atoms with E-state index in [1.807, 2.05) is 35.0 Å². The van der Waals surface area contributed by atoms with Crippen LogP contribution in [0.5, 0.6) is 0 Å². The molecule has 1 aromatic carbocycles. The van der Waals surface area contributed by atoms with Crippen LogP contribution >= 0.6 is 34.4 Å². The summed E-state index contributed by atoms with van der Waals surface area (Å²) < 4.78 is 8.69. The highest BCUT2D eigenvalue weighted by atomic mass is 32.1. The van der Waals surface area contributed by atoms with Gasteiger partial charge in [0, 0.05) is 21.4 Å². The van der Waals surface area contributed by atoms with Crippen molar-refractivity contribution in [2.75, 3.05) is 0 Å². The van der Waals surface area contributed by atoms with Gasteiger partial charge in [-0.15, -0.1) is 22.7 Å². The standard InChI is InChI=1S/C14H7N3O2S3/c18-17(19)9-7-8(10-3-1-5-20-10)13-14(16-22-15-13)12(9)11-4-2-6-21-11/h1-7H. The molecule has 0 aliphatic rings. The highest BCUT2D eigenvalue weighted by Gasteiger charge is 2.25. The number of benzene rings is 1. The molecule has 0 saturated heterocycles. The first-order valence-electron chi connectivity index (χ1n) is 6.27. The molecule has 0 radical (unpaired) electrons. The molecule has 0 unspecified atom stereocenters. The number of thiophene rings is 2. The normalized spacial score (nSPS) is 11.1. The lowest BCUT2D eigenvalue weighted by atomic mass is 10.0. The Morgan fingerprint density at radius 1 is 1.00 bits per heavy atom. The maximum Gasteiger partial charge on any atom is 0.281 e. The lowest BCUT2D eigenvalue weighted by Gasteiger charge is -2.05. The fourth-order valence-electron chi connectivity index (χ4n) is 2.36. The summed E-state index contributed by atoms with van der Waals surface area (Å²) in [7, 11) is 0. The van der Waals surface area contributed by atoms with E-state index in [4.69, 9.17) is 0 Å². The number of nitrogens with zero attached hydrogens (tertiary/aromatic N) is 3. The first-order chi connectivity index (χ1) is 10.8. The maximum absolute atomic E-state index is 11.6. The SMILES string of the molecule is O=[N+]([O-])c1cc(-c2cccs2)c2nsnc2c1-c1cccs1. The molecule has 4 aromatic rings. The Morgan fingerprint density at radius 2 is 1.68 bits per heavy atom. The van der Waals surface area contributed by atoms with Gasteiger partial charge in [0.2, 0.25) is 0 Å². The van der Waals surface area contributed by atoms with Gasteiger partial charge < -0.3 is 0 Å². The number of aromatic nitrogens is 2. The summed E-state index contributed by atoms with van der Waals surface area (Å²) >= 11 is 4.08. The smallest absolute Gasteiger partial charge is 0.258 e. The second kappa shape index (κ2) is 5.24. The molecule has 22 heavy (non-hydrogen) atoms. The van der Waals surface area contributed by atoms with Crippen LogP contribution in [0.1, 0.15) is 0 Å². The van der Waals surface area contributed by atoms with Crippen molar-refractivity contribution in [3.05, 3.63) is 51.2 Å². The van der Waals surface area contributed by atoms with Crippen molar-refractivity contribution in [3.63, 3.8) is 0 Å². The van der Waals surface area contributed by atoms with Crippen LogP contribution in [0.25, 0.3) is 31.9 Å². The minimum absolute atomic E-state index is 0.0750. The molecule has 0 bridgehead atoms. The summed E-state index contributed by atoms with van der Waals surface area (Å²) in [5.41, 5.74) is 2.73. The number of nitro benzene ring substituents is 1. The van der Waals surface area contributed by atoms with Gasteiger partial charge in [-0.1, -0.05) is 12.1 Å². The Hall–Kier alpha value is -2.16.